The van der Waals surface area contributed by atoms with E-state index in [2.05, 4.69) is 40.2 Å². The van der Waals surface area contributed by atoms with Crippen LogP contribution in [0.25, 0.3) is 10.6 Å². The highest BCUT2D eigenvalue weighted by atomic mass is 32.1. The van der Waals surface area contributed by atoms with Crippen molar-refractivity contribution in [1.29, 1.82) is 0 Å². The minimum Gasteiger partial charge on any atom is -0.325 e. The number of aromatic nitrogens is 2. The van der Waals surface area contributed by atoms with Gasteiger partial charge in [-0.15, -0.1) is 11.3 Å². The first-order valence-electron chi connectivity index (χ1n) is 6.64. The fourth-order valence-electron chi connectivity index (χ4n) is 2.51. The first kappa shape index (κ1) is 11.6. The summed E-state index contributed by atoms with van der Waals surface area (Å²) in [5.74, 6) is 1.11. The smallest absolute Gasteiger partial charge is 0.148 e. The van der Waals surface area contributed by atoms with Gasteiger partial charge in [0.1, 0.15) is 10.8 Å². The number of thiazole rings is 1. The molecule has 0 amide bonds. The van der Waals surface area contributed by atoms with Crippen LogP contribution in [0, 0.1) is 0 Å². The van der Waals surface area contributed by atoms with E-state index in [1.807, 2.05) is 18.3 Å². The van der Waals surface area contributed by atoms with Crippen molar-refractivity contribution in [2.24, 2.45) is 0 Å². The van der Waals surface area contributed by atoms with Gasteiger partial charge in [0, 0.05) is 36.6 Å². The molecule has 0 atom stereocenters. The van der Waals surface area contributed by atoms with Crippen molar-refractivity contribution in [3.8, 4) is 10.6 Å². The van der Waals surface area contributed by atoms with Crippen LogP contribution in [-0.4, -0.2) is 16.5 Å². The Balaban J connectivity index is 1.74. The van der Waals surface area contributed by atoms with Crippen molar-refractivity contribution in [3.63, 3.8) is 0 Å². The molecule has 0 bridgehead atoms. The van der Waals surface area contributed by atoms with E-state index in [4.69, 9.17) is 4.98 Å². The molecular formula is C16H13N3S. The van der Waals surface area contributed by atoms with Gasteiger partial charge in [0.2, 0.25) is 0 Å². The minimum absolute atomic E-state index is 1.02. The lowest BCUT2D eigenvalue weighted by Gasteiger charge is -2.16. The third-order valence-corrected chi connectivity index (χ3v) is 4.62. The molecule has 3 heterocycles. The maximum Gasteiger partial charge on any atom is 0.148 e. The van der Waals surface area contributed by atoms with Crippen LogP contribution in [0.1, 0.15) is 4.88 Å². The molecule has 4 rings (SSSR count). The van der Waals surface area contributed by atoms with Gasteiger partial charge in [0.15, 0.2) is 0 Å². The van der Waals surface area contributed by atoms with Crippen molar-refractivity contribution in [2.75, 3.05) is 11.4 Å². The van der Waals surface area contributed by atoms with Crippen molar-refractivity contribution in [3.05, 3.63) is 59.7 Å². The standard InChI is InChI=1S/C16H13N3S/c1-2-6-13(7-3-1)19-10-8-14-15(19)18-16(20-14)12-5-4-9-17-11-12/h1-7,9,11H,8,10H2. The van der Waals surface area contributed by atoms with E-state index in [-0.39, 0.29) is 0 Å². The molecule has 2 aromatic heterocycles. The van der Waals surface area contributed by atoms with Crippen LogP contribution >= 0.6 is 11.3 Å². The Morgan fingerprint density at radius 2 is 1.95 bits per heavy atom. The predicted molar refractivity (Wildman–Crippen MR) is 82.5 cm³/mol. The third-order valence-electron chi connectivity index (χ3n) is 3.47. The summed E-state index contributed by atoms with van der Waals surface area (Å²) in [6.07, 6.45) is 4.74. The molecule has 4 heteroatoms. The third kappa shape index (κ3) is 1.89. The fraction of sp³-hybridized carbons (Fsp3) is 0.125. The van der Waals surface area contributed by atoms with Gasteiger partial charge in [-0.05, 0) is 24.3 Å². The van der Waals surface area contributed by atoms with Crippen LogP contribution in [0.15, 0.2) is 54.9 Å². The second-order valence-corrected chi connectivity index (χ2v) is 5.83. The minimum atomic E-state index is 1.02. The van der Waals surface area contributed by atoms with Gasteiger partial charge in [-0.25, -0.2) is 4.98 Å². The Bertz CT molecular complexity index is 722. The zero-order valence-electron chi connectivity index (χ0n) is 10.9. The lowest BCUT2D eigenvalue weighted by Crippen LogP contribution is -2.13. The topological polar surface area (TPSA) is 29.0 Å². The van der Waals surface area contributed by atoms with Gasteiger partial charge < -0.3 is 4.90 Å². The van der Waals surface area contributed by atoms with Crippen LogP contribution in [0.2, 0.25) is 0 Å². The van der Waals surface area contributed by atoms with E-state index in [0.717, 1.165) is 29.4 Å². The largest absolute Gasteiger partial charge is 0.325 e. The molecule has 0 N–H and O–H groups in total. The molecule has 0 spiro atoms. The van der Waals surface area contributed by atoms with Gasteiger partial charge in [0.25, 0.3) is 0 Å². The van der Waals surface area contributed by atoms with Crippen LogP contribution in [0.4, 0.5) is 11.5 Å². The van der Waals surface area contributed by atoms with Crippen molar-refractivity contribution in [1.82, 2.24) is 9.97 Å². The summed E-state index contributed by atoms with van der Waals surface area (Å²) in [6, 6.07) is 14.5. The number of nitrogens with zero attached hydrogens (tertiary/aromatic N) is 3. The number of hydrogen-bond acceptors (Lipinski definition) is 4. The quantitative estimate of drug-likeness (QED) is 0.712. The van der Waals surface area contributed by atoms with Crippen LogP contribution in [0.5, 0.6) is 0 Å². The Hall–Kier alpha value is -2.20. The number of benzene rings is 1. The summed E-state index contributed by atoms with van der Waals surface area (Å²) < 4.78 is 0. The van der Waals surface area contributed by atoms with Gasteiger partial charge in [-0.1, -0.05) is 18.2 Å². The highest BCUT2D eigenvalue weighted by molar-refractivity contribution is 7.15. The van der Waals surface area contributed by atoms with Crippen LogP contribution in [-0.2, 0) is 6.42 Å². The monoisotopic (exact) mass is 279 g/mol. The molecule has 0 unspecified atom stereocenters. The molecule has 0 fully saturated rings. The number of anilines is 2. The predicted octanol–water partition coefficient (Wildman–Crippen LogP) is 3.90. The number of hydrogen-bond donors (Lipinski definition) is 0. The van der Waals surface area contributed by atoms with Gasteiger partial charge in [-0.3, -0.25) is 4.98 Å². The first-order valence-corrected chi connectivity index (χ1v) is 7.46. The molecule has 0 saturated carbocycles. The Labute approximate surface area is 121 Å². The summed E-state index contributed by atoms with van der Waals surface area (Å²) in [5, 5.41) is 1.06. The van der Waals surface area contributed by atoms with E-state index in [1.54, 1.807) is 17.5 Å². The second-order valence-electron chi connectivity index (χ2n) is 4.74. The number of rotatable bonds is 2. The van der Waals surface area contributed by atoms with Crippen molar-refractivity contribution in [2.45, 2.75) is 6.42 Å². The summed E-state index contributed by atoms with van der Waals surface area (Å²) in [4.78, 5) is 12.7. The summed E-state index contributed by atoms with van der Waals surface area (Å²) in [7, 11) is 0. The Morgan fingerprint density at radius 3 is 2.75 bits per heavy atom. The van der Waals surface area contributed by atoms with Crippen LogP contribution < -0.4 is 4.90 Å². The molecule has 3 nitrogen and oxygen atoms in total. The maximum atomic E-state index is 4.82. The molecule has 1 aliphatic rings. The van der Waals surface area contributed by atoms with Crippen molar-refractivity contribution < 1.29 is 0 Å². The van der Waals surface area contributed by atoms with Gasteiger partial charge in [0.05, 0.1) is 4.88 Å². The average Bonchev–Trinajstić information content (AvgIpc) is 3.09. The van der Waals surface area contributed by atoms with E-state index >= 15 is 0 Å². The van der Waals surface area contributed by atoms with E-state index in [1.165, 1.54) is 10.6 Å². The molecule has 1 aliphatic heterocycles. The zero-order chi connectivity index (χ0) is 13.4. The molecule has 98 valence electrons. The molecule has 0 saturated heterocycles. The summed E-state index contributed by atoms with van der Waals surface area (Å²) >= 11 is 1.78. The van der Waals surface area contributed by atoms with Crippen molar-refractivity contribution >= 4 is 22.8 Å². The molecule has 20 heavy (non-hydrogen) atoms. The maximum absolute atomic E-state index is 4.82. The fourth-order valence-corrected chi connectivity index (χ4v) is 3.55. The molecular weight excluding hydrogens is 266 g/mol. The number of fused-ring (bicyclic) bond motifs is 1. The molecule has 3 aromatic rings. The first-order chi connectivity index (χ1) is 9.92. The van der Waals surface area contributed by atoms with E-state index in [0.29, 0.717) is 0 Å². The van der Waals surface area contributed by atoms with Gasteiger partial charge in [-0.2, -0.15) is 0 Å². The molecule has 0 radical (unpaired) electrons. The Kier molecular flexibility index (Phi) is 2.74. The lowest BCUT2D eigenvalue weighted by molar-refractivity contribution is 0.992. The summed E-state index contributed by atoms with van der Waals surface area (Å²) in [5.41, 5.74) is 2.31. The normalized spacial score (nSPS) is 13.5. The average molecular weight is 279 g/mol. The summed E-state index contributed by atoms with van der Waals surface area (Å²) in [6.45, 7) is 1.02. The molecule has 0 aliphatic carbocycles. The number of pyridine rings is 1. The van der Waals surface area contributed by atoms with E-state index in [9.17, 15) is 0 Å². The van der Waals surface area contributed by atoms with E-state index < -0.39 is 0 Å². The SMILES string of the molecule is c1ccc(N2CCc3sc(-c4cccnc4)nc32)cc1. The highest BCUT2D eigenvalue weighted by Crippen LogP contribution is 2.40. The highest BCUT2D eigenvalue weighted by Gasteiger charge is 2.25. The zero-order valence-corrected chi connectivity index (χ0v) is 11.7. The second kappa shape index (κ2) is 4.72. The molecule has 1 aromatic carbocycles. The van der Waals surface area contributed by atoms with Gasteiger partial charge >= 0.3 is 0 Å². The van der Waals surface area contributed by atoms with Crippen LogP contribution in [0.3, 0.4) is 0 Å². The number of para-hydroxylation sites is 1. The lowest BCUT2D eigenvalue weighted by atomic mass is 10.3. The Morgan fingerprint density at radius 1 is 1.05 bits per heavy atom.